The lowest BCUT2D eigenvalue weighted by Crippen LogP contribution is -2.60. The van der Waals surface area contributed by atoms with Gasteiger partial charge in [-0.3, -0.25) is 19.2 Å². The lowest BCUT2D eigenvalue weighted by atomic mass is 9.81. The first kappa shape index (κ1) is 26.9. The Balaban J connectivity index is 1.58. The maximum atomic E-state index is 13.7. The Labute approximate surface area is 213 Å². The number of nitriles is 1. The van der Waals surface area contributed by atoms with Crippen molar-refractivity contribution in [2.45, 2.75) is 64.3 Å². The average molecular weight is 524 g/mol. The highest BCUT2D eigenvalue weighted by Crippen LogP contribution is 2.54. The first-order chi connectivity index (χ1) is 17.2. The van der Waals surface area contributed by atoms with E-state index in [1.807, 2.05) is 17.5 Å². The molecule has 0 radical (unpaired) electrons. The van der Waals surface area contributed by atoms with Crippen molar-refractivity contribution in [1.29, 1.82) is 5.26 Å². The van der Waals surface area contributed by atoms with E-state index in [4.69, 9.17) is 0 Å². The number of nitrogens with one attached hydrogen (secondary N) is 3. The molecule has 0 aromatic heterocycles. The highest BCUT2D eigenvalue weighted by molar-refractivity contribution is 5.94. The fourth-order valence-electron chi connectivity index (χ4n) is 6.36. The van der Waals surface area contributed by atoms with Gasteiger partial charge in [0.05, 0.1) is 6.07 Å². The fourth-order valence-corrected chi connectivity index (χ4v) is 6.36. The number of fused-ring (bicyclic) bond motifs is 5. The Kier molecular flexibility index (Phi) is 7.03. The summed E-state index contributed by atoms with van der Waals surface area (Å²) in [4.78, 5) is 52.4. The monoisotopic (exact) mass is 523 g/mol. The van der Waals surface area contributed by atoms with Crippen molar-refractivity contribution in [2.24, 2.45) is 35.0 Å². The molecule has 0 aromatic rings. The molecule has 202 valence electrons. The van der Waals surface area contributed by atoms with Gasteiger partial charge >= 0.3 is 12.1 Å². The van der Waals surface area contributed by atoms with E-state index in [1.165, 1.54) is 4.90 Å². The minimum absolute atomic E-state index is 0.0301. The van der Waals surface area contributed by atoms with Crippen LogP contribution in [0.1, 0.15) is 40.0 Å². The topological polar surface area (TPSA) is 131 Å². The van der Waals surface area contributed by atoms with Gasteiger partial charge in [-0.25, -0.2) is 0 Å². The zero-order valence-corrected chi connectivity index (χ0v) is 21.0. The van der Waals surface area contributed by atoms with Gasteiger partial charge in [0.1, 0.15) is 18.1 Å². The van der Waals surface area contributed by atoms with Crippen molar-refractivity contribution in [1.82, 2.24) is 20.9 Å². The number of hydrogen-bond donors (Lipinski definition) is 3. The molecule has 3 N–H and O–H groups in total. The first-order valence-corrected chi connectivity index (χ1v) is 12.6. The molecule has 2 saturated heterocycles. The van der Waals surface area contributed by atoms with E-state index in [0.717, 1.165) is 6.42 Å². The first-order valence-electron chi connectivity index (χ1n) is 12.6. The summed E-state index contributed by atoms with van der Waals surface area (Å²) >= 11 is 0. The molecule has 2 heterocycles. The van der Waals surface area contributed by atoms with Crippen LogP contribution in [-0.4, -0.2) is 65.9 Å². The molecule has 2 aliphatic carbocycles. The smallest absolute Gasteiger partial charge is 0.356 e. The van der Waals surface area contributed by atoms with Gasteiger partial charge in [0.2, 0.25) is 17.7 Å². The molecule has 2 aliphatic heterocycles. The van der Waals surface area contributed by atoms with Crippen molar-refractivity contribution in [2.75, 3.05) is 13.1 Å². The third-order valence-electron chi connectivity index (χ3n) is 8.15. The molecule has 12 heteroatoms. The molecular formula is C25H32F3N5O4. The predicted molar refractivity (Wildman–Crippen MR) is 124 cm³/mol. The molecule has 4 amide bonds. The number of amides is 4. The molecule has 3 fully saturated rings. The van der Waals surface area contributed by atoms with Gasteiger partial charge in [0, 0.05) is 19.0 Å². The molecule has 1 saturated carbocycles. The summed E-state index contributed by atoms with van der Waals surface area (Å²) in [5.41, 5.74) is -1.07. The van der Waals surface area contributed by atoms with Crippen LogP contribution in [-0.2, 0) is 19.2 Å². The largest absolute Gasteiger partial charge is 0.471 e. The van der Waals surface area contributed by atoms with Crippen molar-refractivity contribution in [3.63, 3.8) is 0 Å². The lowest BCUT2D eigenvalue weighted by molar-refractivity contribution is -0.176. The number of nitrogens with zero attached hydrogens (tertiary/aromatic N) is 2. The molecular weight excluding hydrogens is 491 g/mol. The van der Waals surface area contributed by atoms with E-state index in [9.17, 15) is 37.6 Å². The van der Waals surface area contributed by atoms with Crippen LogP contribution in [0.15, 0.2) is 12.2 Å². The zero-order valence-electron chi connectivity index (χ0n) is 21.0. The standard InChI is InChI=1S/C25H32F3N5O4/c1-24(2,3)19(32-23(37)25(26,27)28)22(36)33-11-16-12-4-5-13(8-12)17(16)18(33)21(35)31-15(10-29)9-14-6-7-30-20(14)34/h4-5,12-19H,6-9,11H2,1-3H3,(H,30,34)(H,31,35)(H,32,37)/t12-,13+,14+,15+,16-,17+,18+,19-/m1/s1. The maximum Gasteiger partial charge on any atom is 0.471 e. The summed E-state index contributed by atoms with van der Waals surface area (Å²) in [6, 6.07) is -1.46. The molecule has 0 spiro atoms. The van der Waals surface area contributed by atoms with Crippen LogP contribution in [0.25, 0.3) is 0 Å². The zero-order chi connectivity index (χ0) is 27.3. The van der Waals surface area contributed by atoms with Gasteiger partial charge in [-0.1, -0.05) is 32.9 Å². The van der Waals surface area contributed by atoms with Crippen LogP contribution in [0.5, 0.6) is 0 Å². The van der Waals surface area contributed by atoms with Gasteiger partial charge in [0.15, 0.2) is 0 Å². The molecule has 4 aliphatic rings. The van der Waals surface area contributed by atoms with Gasteiger partial charge in [-0.2, -0.15) is 18.4 Å². The van der Waals surface area contributed by atoms with Crippen molar-refractivity contribution >= 4 is 23.6 Å². The normalized spacial score (nSPS) is 31.9. The Bertz CT molecular complexity index is 1050. The molecule has 2 bridgehead atoms. The fraction of sp³-hybridized carbons (Fsp3) is 0.720. The SMILES string of the molecule is CC(C)(C)[C@H](NC(=O)C(F)(F)F)C(=O)N1C[C@H]2[C@@H]([C@H]1C(=O)N[C@H](C#N)C[C@@H]1CCNC1=O)[C@H]1C=C[C@@H]2C1. The number of carbonyl (C=O) groups excluding carboxylic acids is 4. The molecule has 37 heavy (non-hydrogen) atoms. The summed E-state index contributed by atoms with van der Waals surface area (Å²) < 4.78 is 39.2. The number of rotatable bonds is 6. The highest BCUT2D eigenvalue weighted by atomic mass is 19.4. The summed E-state index contributed by atoms with van der Waals surface area (Å²) in [7, 11) is 0. The average Bonchev–Trinajstić information content (AvgIpc) is 3.57. The lowest BCUT2D eigenvalue weighted by Gasteiger charge is -2.37. The van der Waals surface area contributed by atoms with Crippen LogP contribution in [0.2, 0.25) is 0 Å². The Morgan fingerprint density at radius 3 is 2.43 bits per heavy atom. The van der Waals surface area contributed by atoms with Gasteiger partial charge in [-0.15, -0.1) is 0 Å². The molecule has 0 aromatic carbocycles. The number of likely N-dealkylation sites (tertiary alicyclic amines) is 1. The van der Waals surface area contributed by atoms with E-state index in [1.54, 1.807) is 20.8 Å². The van der Waals surface area contributed by atoms with E-state index < -0.39 is 53.4 Å². The molecule has 8 atom stereocenters. The Morgan fingerprint density at radius 2 is 1.86 bits per heavy atom. The van der Waals surface area contributed by atoms with Crippen LogP contribution in [0.3, 0.4) is 0 Å². The molecule has 4 rings (SSSR count). The minimum Gasteiger partial charge on any atom is -0.356 e. The van der Waals surface area contributed by atoms with E-state index in [2.05, 4.69) is 16.7 Å². The Morgan fingerprint density at radius 1 is 1.19 bits per heavy atom. The summed E-state index contributed by atoms with van der Waals surface area (Å²) in [5.74, 6) is -4.25. The molecule has 0 unspecified atom stereocenters. The maximum absolute atomic E-state index is 13.7. The van der Waals surface area contributed by atoms with Crippen LogP contribution >= 0.6 is 0 Å². The van der Waals surface area contributed by atoms with Gasteiger partial charge < -0.3 is 20.9 Å². The van der Waals surface area contributed by atoms with Gasteiger partial charge in [0.25, 0.3) is 0 Å². The summed E-state index contributed by atoms with van der Waals surface area (Å²) in [6.07, 6.45) is 0.402. The molecule has 9 nitrogen and oxygen atoms in total. The number of hydrogen-bond acceptors (Lipinski definition) is 5. The second kappa shape index (κ2) is 9.65. The Hall–Kier alpha value is -3.10. The number of carbonyl (C=O) groups is 4. The second-order valence-electron chi connectivity index (χ2n) is 11.6. The van der Waals surface area contributed by atoms with Gasteiger partial charge in [-0.05, 0) is 48.3 Å². The predicted octanol–water partition coefficient (Wildman–Crippen LogP) is 1.26. The number of alkyl halides is 3. The third-order valence-corrected chi connectivity index (χ3v) is 8.15. The van der Waals surface area contributed by atoms with E-state index in [0.29, 0.717) is 13.0 Å². The second-order valence-corrected chi connectivity index (χ2v) is 11.6. The van der Waals surface area contributed by atoms with Crippen molar-refractivity contribution < 1.29 is 32.3 Å². The van der Waals surface area contributed by atoms with Crippen LogP contribution in [0.4, 0.5) is 13.2 Å². The van der Waals surface area contributed by atoms with E-state index >= 15 is 0 Å². The third kappa shape index (κ3) is 5.18. The van der Waals surface area contributed by atoms with Crippen molar-refractivity contribution in [3.05, 3.63) is 12.2 Å². The van der Waals surface area contributed by atoms with Crippen LogP contribution < -0.4 is 16.0 Å². The number of halogens is 3. The minimum atomic E-state index is -5.17. The highest BCUT2D eigenvalue weighted by Gasteiger charge is 2.59. The van der Waals surface area contributed by atoms with Crippen LogP contribution in [0, 0.1) is 46.3 Å². The van der Waals surface area contributed by atoms with Crippen molar-refractivity contribution in [3.8, 4) is 6.07 Å². The summed E-state index contributed by atoms with van der Waals surface area (Å²) in [5, 5.41) is 16.9. The summed E-state index contributed by atoms with van der Waals surface area (Å²) in [6.45, 7) is 5.30. The van der Waals surface area contributed by atoms with E-state index in [-0.39, 0.29) is 42.5 Å². The quantitative estimate of drug-likeness (QED) is 0.451. The number of allylic oxidation sites excluding steroid dienone is 2.